The summed E-state index contributed by atoms with van der Waals surface area (Å²) in [5.74, 6) is 0. The average Bonchev–Trinajstić information content (AvgIpc) is 3.06. The minimum absolute atomic E-state index is 0.607. The van der Waals surface area contributed by atoms with Crippen LogP contribution in [0, 0.1) is 0 Å². The fourth-order valence-corrected chi connectivity index (χ4v) is 4.59. The van der Waals surface area contributed by atoms with Gasteiger partial charge in [-0.15, -0.1) is 0 Å². The first-order valence-electron chi connectivity index (χ1n) is 18.5. The molecule has 254 valence electrons. The Morgan fingerprint density at radius 1 is 0.304 bits per heavy atom. The second-order valence-electron chi connectivity index (χ2n) is 11.7. The zero-order valence-electron chi connectivity index (χ0n) is 29.6. The molecule has 0 aromatic rings. The maximum Gasteiger partial charge on any atom is 0.0908 e. The topological polar surface area (TPSA) is 20.2 Å². The molecular formula is C45H68O. The summed E-state index contributed by atoms with van der Waals surface area (Å²) in [4.78, 5) is 0. The molecule has 0 radical (unpaired) electrons. The van der Waals surface area contributed by atoms with Crippen molar-refractivity contribution in [2.24, 2.45) is 0 Å². The van der Waals surface area contributed by atoms with Gasteiger partial charge in [-0.25, -0.2) is 0 Å². The lowest BCUT2D eigenvalue weighted by molar-refractivity contribution is 0.271. The van der Waals surface area contributed by atoms with E-state index in [9.17, 15) is 5.11 Å². The highest BCUT2D eigenvalue weighted by atomic mass is 16.3. The second-order valence-corrected chi connectivity index (χ2v) is 11.7. The van der Waals surface area contributed by atoms with Gasteiger partial charge in [-0.05, 0) is 25.7 Å². The van der Waals surface area contributed by atoms with Crippen LogP contribution < -0.4 is 0 Å². The lowest BCUT2D eigenvalue weighted by Crippen LogP contribution is -1.94. The van der Waals surface area contributed by atoms with Crippen LogP contribution in [-0.4, -0.2) is 11.2 Å². The lowest BCUT2D eigenvalue weighted by Gasteiger charge is -1.99. The van der Waals surface area contributed by atoms with Crippen molar-refractivity contribution in [2.75, 3.05) is 0 Å². The Balaban J connectivity index is 3.85. The van der Waals surface area contributed by atoms with Crippen molar-refractivity contribution in [3.8, 4) is 0 Å². The minimum Gasteiger partial charge on any atom is -0.385 e. The van der Waals surface area contributed by atoms with Gasteiger partial charge in [-0.2, -0.15) is 0 Å². The van der Waals surface area contributed by atoms with Crippen LogP contribution in [0.2, 0.25) is 0 Å². The maximum absolute atomic E-state index is 10.0. The van der Waals surface area contributed by atoms with Crippen LogP contribution in [0.3, 0.4) is 0 Å². The Labute approximate surface area is 285 Å². The van der Waals surface area contributed by atoms with Crippen molar-refractivity contribution in [3.63, 3.8) is 0 Å². The zero-order valence-corrected chi connectivity index (χ0v) is 29.6. The molecule has 0 unspecified atom stereocenters. The van der Waals surface area contributed by atoms with Gasteiger partial charge in [0.15, 0.2) is 0 Å². The molecule has 0 heterocycles. The van der Waals surface area contributed by atoms with Crippen molar-refractivity contribution in [2.45, 2.75) is 136 Å². The molecule has 0 bridgehead atoms. The van der Waals surface area contributed by atoms with Crippen LogP contribution in [0.4, 0.5) is 0 Å². The Morgan fingerprint density at radius 3 is 0.848 bits per heavy atom. The van der Waals surface area contributed by atoms with Crippen molar-refractivity contribution >= 4 is 0 Å². The molecule has 0 amide bonds. The van der Waals surface area contributed by atoms with Gasteiger partial charge in [0.1, 0.15) is 0 Å². The summed E-state index contributed by atoms with van der Waals surface area (Å²) >= 11 is 0. The molecule has 0 aliphatic heterocycles. The first kappa shape index (κ1) is 42.8. The standard InChI is InChI=1S/C45H68O/c1-3-5-7-9-11-13-15-17-19-21-23-25-27-29-31-33-35-37-39-41-43-45(46)44-42-40-38-36-34-32-30-28-26-24-22-20-18-16-14-12-10-8-6-4-2/h21-46H,3-20H2,1-2H3. The normalized spacial score (nSPS) is 14.4. The van der Waals surface area contributed by atoms with Crippen LogP contribution in [0.15, 0.2) is 146 Å². The maximum atomic E-state index is 10.0. The summed E-state index contributed by atoms with van der Waals surface area (Å²) in [5, 5.41) is 10.0. The fourth-order valence-electron chi connectivity index (χ4n) is 4.59. The van der Waals surface area contributed by atoms with Crippen LogP contribution in [-0.2, 0) is 0 Å². The fraction of sp³-hybridized carbons (Fsp3) is 0.467. The average molecular weight is 625 g/mol. The molecule has 0 spiro atoms. The summed E-state index contributed by atoms with van der Waals surface area (Å²) in [6.45, 7) is 4.54. The highest BCUT2D eigenvalue weighted by Gasteiger charge is 1.91. The number of allylic oxidation sites excluding steroid dienone is 22. The zero-order chi connectivity index (χ0) is 33.3. The van der Waals surface area contributed by atoms with E-state index in [-0.39, 0.29) is 0 Å². The highest BCUT2D eigenvalue weighted by molar-refractivity contribution is 5.22. The van der Waals surface area contributed by atoms with E-state index in [1.807, 2.05) is 85.1 Å². The van der Waals surface area contributed by atoms with Crippen LogP contribution in [0.25, 0.3) is 0 Å². The van der Waals surface area contributed by atoms with E-state index in [4.69, 9.17) is 0 Å². The molecule has 1 N–H and O–H groups in total. The van der Waals surface area contributed by atoms with Gasteiger partial charge in [-0.3, -0.25) is 0 Å². The number of rotatable bonds is 30. The van der Waals surface area contributed by atoms with Gasteiger partial charge < -0.3 is 5.11 Å². The number of aliphatic hydroxyl groups is 1. The molecule has 0 rings (SSSR count). The van der Waals surface area contributed by atoms with Gasteiger partial charge in [0, 0.05) is 0 Å². The second kappa shape index (κ2) is 39.9. The number of aliphatic hydroxyl groups excluding tert-OH is 1. The van der Waals surface area contributed by atoms with Gasteiger partial charge in [0.05, 0.1) is 6.10 Å². The van der Waals surface area contributed by atoms with E-state index >= 15 is 0 Å². The largest absolute Gasteiger partial charge is 0.385 e. The smallest absolute Gasteiger partial charge is 0.0908 e. The van der Waals surface area contributed by atoms with Crippen molar-refractivity contribution in [1.29, 1.82) is 0 Å². The van der Waals surface area contributed by atoms with Crippen molar-refractivity contribution < 1.29 is 5.11 Å². The lowest BCUT2D eigenvalue weighted by atomic mass is 10.1. The Kier molecular flexibility index (Phi) is 37.1. The van der Waals surface area contributed by atoms with E-state index in [0.717, 1.165) is 0 Å². The Morgan fingerprint density at radius 2 is 0.543 bits per heavy atom. The molecule has 0 fully saturated rings. The van der Waals surface area contributed by atoms with Crippen LogP contribution in [0.5, 0.6) is 0 Å². The molecule has 0 atom stereocenters. The predicted octanol–water partition coefficient (Wildman–Crippen LogP) is 14.1. The van der Waals surface area contributed by atoms with E-state index in [1.165, 1.54) is 116 Å². The van der Waals surface area contributed by atoms with Crippen LogP contribution in [0.1, 0.15) is 129 Å². The van der Waals surface area contributed by atoms with Gasteiger partial charge in [0.25, 0.3) is 0 Å². The summed E-state index contributed by atoms with van der Waals surface area (Å²) in [5.41, 5.74) is 0. The quantitative estimate of drug-likeness (QED) is 0.0622. The number of hydrogen-bond donors (Lipinski definition) is 1. The molecule has 0 aliphatic carbocycles. The third-order valence-electron chi connectivity index (χ3n) is 7.34. The molecule has 0 saturated heterocycles. The molecule has 1 nitrogen and oxygen atoms in total. The molecule has 0 aromatic carbocycles. The minimum atomic E-state index is -0.607. The summed E-state index contributed by atoms with van der Waals surface area (Å²) in [7, 11) is 0. The molecule has 0 aliphatic rings. The first-order valence-corrected chi connectivity index (χ1v) is 18.5. The third kappa shape index (κ3) is 38.9. The summed E-state index contributed by atoms with van der Waals surface area (Å²) in [6, 6.07) is 0. The molecule has 1 heteroatoms. The molecular weight excluding hydrogens is 556 g/mol. The summed E-state index contributed by atoms with van der Waals surface area (Å²) in [6.07, 6.45) is 71.8. The van der Waals surface area contributed by atoms with Gasteiger partial charge >= 0.3 is 0 Å². The van der Waals surface area contributed by atoms with Gasteiger partial charge in [0.2, 0.25) is 0 Å². The van der Waals surface area contributed by atoms with Crippen LogP contribution >= 0.6 is 0 Å². The van der Waals surface area contributed by atoms with E-state index in [0.29, 0.717) is 0 Å². The third-order valence-corrected chi connectivity index (χ3v) is 7.34. The number of hydrogen-bond acceptors (Lipinski definition) is 1. The Hall–Kier alpha value is -3.16. The van der Waals surface area contributed by atoms with E-state index in [1.54, 1.807) is 12.2 Å². The predicted molar refractivity (Wildman–Crippen MR) is 210 cm³/mol. The van der Waals surface area contributed by atoms with E-state index < -0.39 is 6.10 Å². The first-order chi connectivity index (χ1) is 22.8. The van der Waals surface area contributed by atoms with E-state index in [2.05, 4.69) is 62.5 Å². The molecule has 0 saturated carbocycles. The Bertz CT molecular complexity index is 906. The molecule has 0 aromatic heterocycles. The van der Waals surface area contributed by atoms with Crippen molar-refractivity contribution in [1.82, 2.24) is 0 Å². The van der Waals surface area contributed by atoms with Crippen molar-refractivity contribution in [3.05, 3.63) is 146 Å². The summed E-state index contributed by atoms with van der Waals surface area (Å²) < 4.78 is 0. The SMILES string of the molecule is CCCCCCCCCCC=CC=CC=CC=CC=CC=CC(O)C=CC=CC=CC=CC=CC=CCCCCCCCCCC. The monoisotopic (exact) mass is 625 g/mol. The van der Waals surface area contributed by atoms with Gasteiger partial charge in [-0.1, -0.05) is 250 Å². The molecule has 46 heavy (non-hydrogen) atoms. The highest BCUT2D eigenvalue weighted by Crippen LogP contribution is 2.10. The number of unbranched alkanes of at least 4 members (excludes halogenated alkanes) is 16.